The molecule has 15 heavy (non-hydrogen) atoms. The number of carbonyl (C=O) groups excluding carboxylic acids is 1. The Bertz CT molecular complexity index is 306. The van der Waals surface area contributed by atoms with Crippen molar-refractivity contribution in [2.24, 2.45) is 5.41 Å². The molecule has 0 aromatic carbocycles. The molecule has 0 saturated heterocycles. The van der Waals surface area contributed by atoms with Gasteiger partial charge in [-0.25, -0.2) is 0 Å². The predicted molar refractivity (Wildman–Crippen MR) is 56.4 cm³/mol. The van der Waals surface area contributed by atoms with Gasteiger partial charge in [0.05, 0.1) is 11.8 Å². The highest BCUT2D eigenvalue weighted by Gasteiger charge is 2.18. The van der Waals surface area contributed by atoms with Crippen LogP contribution in [0, 0.1) is 5.41 Å². The molecule has 3 N–H and O–H groups in total. The summed E-state index contributed by atoms with van der Waals surface area (Å²) >= 11 is 0. The molecule has 0 fully saturated rings. The average molecular weight is 211 g/mol. The molecule has 1 rings (SSSR count). The fraction of sp³-hybridized carbons (Fsp3) is 0.600. The molecule has 0 bridgehead atoms. The van der Waals surface area contributed by atoms with Gasteiger partial charge in [0.1, 0.15) is 0 Å². The number of rotatable bonds is 5. The van der Waals surface area contributed by atoms with Crippen molar-refractivity contribution in [3.63, 3.8) is 0 Å². The number of aromatic nitrogens is 2. The minimum absolute atomic E-state index is 0.0891. The van der Waals surface area contributed by atoms with E-state index in [2.05, 4.69) is 15.5 Å². The zero-order valence-electron chi connectivity index (χ0n) is 9.08. The van der Waals surface area contributed by atoms with Gasteiger partial charge in [0.25, 0.3) is 5.91 Å². The molecule has 1 aromatic rings. The van der Waals surface area contributed by atoms with E-state index >= 15 is 0 Å². The van der Waals surface area contributed by atoms with Crippen LogP contribution in [0.1, 0.15) is 30.6 Å². The molecular weight excluding hydrogens is 194 g/mol. The molecule has 1 amide bonds. The average Bonchev–Trinajstić information content (AvgIpc) is 2.67. The van der Waals surface area contributed by atoms with E-state index < -0.39 is 0 Å². The lowest BCUT2D eigenvalue weighted by atomic mass is 9.90. The molecule has 0 spiro atoms. The van der Waals surface area contributed by atoms with Gasteiger partial charge in [0.15, 0.2) is 0 Å². The van der Waals surface area contributed by atoms with Crippen LogP contribution in [0.3, 0.4) is 0 Å². The van der Waals surface area contributed by atoms with Crippen molar-refractivity contribution in [1.29, 1.82) is 0 Å². The summed E-state index contributed by atoms with van der Waals surface area (Å²) in [5.74, 6) is -0.144. The van der Waals surface area contributed by atoms with Crippen LogP contribution in [-0.2, 0) is 0 Å². The monoisotopic (exact) mass is 211 g/mol. The minimum Gasteiger partial charge on any atom is -0.396 e. The topological polar surface area (TPSA) is 78.0 Å². The molecule has 0 aliphatic carbocycles. The second-order valence-electron chi connectivity index (χ2n) is 4.31. The molecule has 5 nitrogen and oxygen atoms in total. The zero-order valence-corrected chi connectivity index (χ0v) is 9.08. The number of aromatic amines is 1. The van der Waals surface area contributed by atoms with Gasteiger partial charge in [0.2, 0.25) is 0 Å². The summed E-state index contributed by atoms with van der Waals surface area (Å²) in [4.78, 5) is 11.5. The first-order chi connectivity index (χ1) is 7.05. The Morgan fingerprint density at radius 3 is 2.93 bits per heavy atom. The maximum atomic E-state index is 11.5. The van der Waals surface area contributed by atoms with E-state index in [1.807, 2.05) is 13.8 Å². The van der Waals surface area contributed by atoms with Crippen LogP contribution in [0.5, 0.6) is 0 Å². The lowest BCUT2D eigenvalue weighted by molar-refractivity contribution is 0.0928. The lowest BCUT2D eigenvalue weighted by Gasteiger charge is -2.23. The molecule has 1 aromatic heterocycles. The number of H-pyrrole nitrogens is 1. The number of hydrogen-bond donors (Lipinski definition) is 3. The highest BCUT2D eigenvalue weighted by Crippen LogP contribution is 2.18. The van der Waals surface area contributed by atoms with Crippen LogP contribution < -0.4 is 5.32 Å². The van der Waals surface area contributed by atoms with Gasteiger partial charge in [-0.3, -0.25) is 9.89 Å². The Morgan fingerprint density at radius 1 is 1.67 bits per heavy atom. The number of nitrogens with one attached hydrogen (secondary N) is 2. The van der Waals surface area contributed by atoms with E-state index in [1.54, 1.807) is 6.20 Å². The minimum atomic E-state index is -0.144. The van der Waals surface area contributed by atoms with Crippen molar-refractivity contribution >= 4 is 5.91 Å². The summed E-state index contributed by atoms with van der Waals surface area (Å²) in [6.07, 6.45) is 3.70. The Balaban J connectivity index is 2.40. The van der Waals surface area contributed by atoms with E-state index in [-0.39, 0.29) is 17.9 Å². The SMILES string of the molecule is CC(C)(CCO)CNC(=O)c1cn[nH]c1. The maximum absolute atomic E-state index is 11.5. The summed E-state index contributed by atoms with van der Waals surface area (Å²) in [6.45, 7) is 4.67. The third-order valence-electron chi connectivity index (χ3n) is 2.28. The standard InChI is InChI=1S/C10H17N3O2/c1-10(2,3-4-14)7-11-9(15)8-5-12-13-6-8/h5-6,14H,3-4,7H2,1-2H3,(H,11,15)(H,12,13). The third-order valence-corrected chi connectivity index (χ3v) is 2.28. The quantitative estimate of drug-likeness (QED) is 0.665. The summed E-state index contributed by atoms with van der Waals surface area (Å²) in [5, 5.41) is 17.9. The molecule has 0 aliphatic rings. The van der Waals surface area contributed by atoms with Crippen molar-refractivity contribution in [2.75, 3.05) is 13.2 Å². The van der Waals surface area contributed by atoms with Crippen molar-refractivity contribution in [3.8, 4) is 0 Å². The van der Waals surface area contributed by atoms with E-state index in [9.17, 15) is 4.79 Å². The second kappa shape index (κ2) is 4.93. The van der Waals surface area contributed by atoms with Crippen LogP contribution in [-0.4, -0.2) is 34.4 Å². The van der Waals surface area contributed by atoms with Gasteiger partial charge in [-0.15, -0.1) is 0 Å². The molecule has 0 saturated carbocycles. The Labute approximate surface area is 88.9 Å². The number of amides is 1. The normalized spacial score (nSPS) is 11.4. The van der Waals surface area contributed by atoms with E-state index in [1.165, 1.54) is 6.20 Å². The molecular formula is C10H17N3O2. The molecule has 84 valence electrons. The van der Waals surface area contributed by atoms with Crippen LogP contribution in [0.2, 0.25) is 0 Å². The second-order valence-corrected chi connectivity index (χ2v) is 4.31. The third kappa shape index (κ3) is 3.71. The summed E-state index contributed by atoms with van der Waals surface area (Å²) in [7, 11) is 0. The number of carbonyl (C=O) groups is 1. The lowest BCUT2D eigenvalue weighted by Crippen LogP contribution is -2.34. The highest BCUT2D eigenvalue weighted by atomic mass is 16.3. The van der Waals surface area contributed by atoms with Crippen molar-refractivity contribution in [3.05, 3.63) is 18.0 Å². The van der Waals surface area contributed by atoms with Crippen LogP contribution in [0.4, 0.5) is 0 Å². The number of hydrogen-bond acceptors (Lipinski definition) is 3. The molecule has 0 atom stereocenters. The molecule has 0 radical (unpaired) electrons. The summed E-state index contributed by atoms with van der Waals surface area (Å²) in [5.41, 5.74) is 0.434. The molecule has 5 heteroatoms. The van der Waals surface area contributed by atoms with Gasteiger partial charge in [-0.2, -0.15) is 5.10 Å². The van der Waals surface area contributed by atoms with Crippen LogP contribution in [0.25, 0.3) is 0 Å². The van der Waals surface area contributed by atoms with Crippen molar-refractivity contribution in [1.82, 2.24) is 15.5 Å². The first-order valence-corrected chi connectivity index (χ1v) is 4.93. The Hall–Kier alpha value is -1.36. The largest absolute Gasteiger partial charge is 0.396 e. The predicted octanol–water partition coefficient (Wildman–Crippen LogP) is 0.548. The maximum Gasteiger partial charge on any atom is 0.254 e. The Morgan fingerprint density at radius 2 is 2.40 bits per heavy atom. The number of aliphatic hydroxyl groups excluding tert-OH is 1. The van der Waals surface area contributed by atoms with Gasteiger partial charge >= 0.3 is 0 Å². The first-order valence-electron chi connectivity index (χ1n) is 4.93. The zero-order chi connectivity index (χ0) is 11.3. The summed E-state index contributed by atoms with van der Waals surface area (Å²) < 4.78 is 0. The van der Waals surface area contributed by atoms with E-state index in [0.717, 1.165) is 0 Å². The van der Waals surface area contributed by atoms with Gasteiger partial charge in [0, 0.05) is 19.3 Å². The van der Waals surface area contributed by atoms with Gasteiger partial charge < -0.3 is 10.4 Å². The highest BCUT2D eigenvalue weighted by molar-refractivity contribution is 5.93. The van der Waals surface area contributed by atoms with Crippen LogP contribution >= 0.6 is 0 Å². The molecule has 0 unspecified atom stereocenters. The van der Waals surface area contributed by atoms with E-state index in [4.69, 9.17) is 5.11 Å². The van der Waals surface area contributed by atoms with Gasteiger partial charge in [-0.1, -0.05) is 13.8 Å². The number of aliphatic hydroxyl groups is 1. The van der Waals surface area contributed by atoms with Crippen molar-refractivity contribution < 1.29 is 9.90 Å². The molecule has 1 heterocycles. The van der Waals surface area contributed by atoms with Crippen LogP contribution in [0.15, 0.2) is 12.4 Å². The van der Waals surface area contributed by atoms with E-state index in [0.29, 0.717) is 18.5 Å². The smallest absolute Gasteiger partial charge is 0.254 e. The van der Waals surface area contributed by atoms with Gasteiger partial charge in [-0.05, 0) is 11.8 Å². The molecule has 0 aliphatic heterocycles. The fourth-order valence-electron chi connectivity index (χ4n) is 1.19. The Kier molecular flexibility index (Phi) is 3.85. The first kappa shape index (κ1) is 11.7. The summed E-state index contributed by atoms with van der Waals surface area (Å²) in [6, 6.07) is 0. The number of nitrogens with zero attached hydrogens (tertiary/aromatic N) is 1. The van der Waals surface area contributed by atoms with Crippen molar-refractivity contribution in [2.45, 2.75) is 20.3 Å². The fourth-order valence-corrected chi connectivity index (χ4v) is 1.19.